The number of hydrogen-bond acceptors (Lipinski definition) is 5. The Bertz CT molecular complexity index is 560. The van der Waals surface area contributed by atoms with E-state index < -0.39 is 0 Å². The van der Waals surface area contributed by atoms with Gasteiger partial charge in [-0.2, -0.15) is 5.10 Å². The first-order chi connectivity index (χ1) is 8.61. The molecule has 0 unspecified atom stereocenters. The number of rotatable bonds is 4. The maximum absolute atomic E-state index is 11.9. The molecular formula is C11H15N5OS. The van der Waals surface area contributed by atoms with E-state index in [1.165, 1.54) is 11.3 Å². The second-order valence-electron chi connectivity index (χ2n) is 3.88. The summed E-state index contributed by atoms with van der Waals surface area (Å²) in [6.07, 6.45) is 3.61. The van der Waals surface area contributed by atoms with E-state index in [4.69, 9.17) is 5.73 Å². The molecule has 0 fully saturated rings. The third kappa shape index (κ3) is 2.57. The van der Waals surface area contributed by atoms with Gasteiger partial charge in [-0.1, -0.05) is 0 Å². The van der Waals surface area contributed by atoms with Gasteiger partial charge in [0.2, 0.25) is 0 Å². The summed E-state index contributed by atoms with van der Waals surface area (Å²) in [5.74, 6) is -0.120. The first kappa shape index (κ1) is 12.7. The van der Waals surface area contributed by atoms with Gasteiger partial charge >= 0.3 is 0 Å². The highest BCUT2D eigenvalue weighted by Gasteiger charge is 2.16. The fraction of sp³-hybridized carbons (Fsp3) is 0.364. The summed E-state index contributed by atoms with van der Waals surface area (Å²) >= 11 is 1.37. The fourth-order valence-electron chi connectivity index (χ4n) is 1.53. The van der Waals surface area contributed by atoms with Gasteiger partial charge in [0.05, 0.1) is 11.9 Å². The molecule has 0 aliphatic rings. The summed E-state index contributed by atoms with van der Waals surface area (Å²) < 4.78 is 1.71. The van der Waals surface area contributed by atoms with Gasteiger partial charge in [-0.3, -0.25) is 9.48 Å². The molecule has 3 N–H and O–H groups in total. The minimum atomic E-state index is -0.120. The summed E-state index contributed by atoms with van der Waals surface area (Å²) in [5, 5.41) is 7.64. The van der Waals surface area contributed by atoms with Crippen LogP contribution < -0.4 is 11.1 Å². The lowest BCUT2D eigenvalue weighted by Gasteiger charge is -2.00. The number of aryl methyl sites for hydroxylation is 2. The maximum atomic E-state index is 11.9. The molecule has 0 aromatic carbocycles. The zero-order chi connectivity index (χ0) is 13.1. The number of hydrogen-bond donors (Lipinski definition) is 2. The van der Waals surface area contributed by atoms with Crippen molar-refractivity contribution in [1.29, 1.82) is 0 Å². The Hall–Kier alpha value is -1.73. The van der Waals surface area contributed by atoms with Crippen LogP contribution in [0.4, 0.5) is 0 Å². The Morgan fingerprint density at radius 3 is 3.00 bits per heavy atom. The second-order valence-corrected chi connectivity index (χ2v) is 4.88. The van der Waals surface area contributed by atoms with Crippen LogP contribution >= 0.6 is 11.3 Å². The van der Waals surface area contributed by atoms with E-state index in [2.05, 4.69) is 15.4 Å². The maximum Gasteiger partial charge on any atom is 0.263 e. The average molecular weight is 265 g/mol. The van der Waals surface area contributed by atoms with Crippen molar-refractivity contribution in [3.63, 3.8) is 0 Å². The van der Waals surface area contributed by atoms with Crippen LogP contribution in [0.5, 0.6) is 0 Å². The van der Waals surface area contributed by atoms with Crippen molar-refractivity contribution in [3.8, 4) is 10.6 Å². The van der Waals surface area contributed by atoms with E-state index in [0.717, 1.165) is 16.3 Å². The molecule has 0 spiro atoms. The van der Waals surface area contributed by atoms with E-state index in [-0.39, 0.29) is 5.91 Å². The van der Waals surface area contributed by atoms with Crippen molar-refractivity contribution in [3.05, 3.63) is 23.0 Å². The first-order valence-electron chi connectivity index (χ1n) is 5.56. The number of amides is 1. The molecule has 0 bridgehead atoms. The molecule has 2 aromatic rings. The topological polar surface area (TPSA) is 85.8 Å². The lowest BCUT2D eigenvalue weighted by Crippen LogP contribution is -2.28. The third-order valence-corrected chi connectivity index (χ3v) is 3.59. The van der Waals surface area contributed by atoms with Gasteiger partial charge in [0.1, 0.15) is 9.88 Å². The highest BCUT2D eigenvalue weighted by molar-refractivity contribution is 7.17. The Kier molecular flexibility index (Phi) is 3.73. The first-order valence-corrected chi connectivity index (χ1v) is 6.38. The van der Waals surface area contributed by atoms with Gasteiger partial charge < -0.3 is 11.1 Å². The van der Waals surface area contributed by atoms with Gasteiger partial charge in [-0.25, -0.2) is 4.98 Å². The highest BCUT2D eigenvalue weighted by atomic mass is 32.1. The molecule has 2 aromatic heterocycles. The number of carbonyl (C=O) groups excluding carboxylic acids is 1. The molecule has 2 heterocycles. The van der Waals surface area contributed by atoms with Gasteiger partial charge in [0, 0.05) is 31.9 Å². The average Bonchev–Trinajstić information content (AvgIpc) is 2.92. The van der Waals surface area contributed by atoms with Crippen LogP contribution in [0.25, 0.3) is 10.6 Å². The van der Waals surface area contributed by atoms with Crippen LogP contribution in [0.3, 0.4) is 0 Å². The summed E-state index contributed by atoms with van der Waals surface area (Å²) in [4.78, 5) is 16.9. The standard InChI is InChI=1S/C11H15N5OS/c1-7-9(10(17)13-4-3-12)18-11(15-7)8-5-14-16(2)6-8/h5-6H,3-4,12H2,1-2H3,(H,13,17). The smallest absolute Gasteiger partial charge is 0.263 e. The van der Waals surface area contributed by atoms with Crippen LogP contribution in [0.2, 0.25) is 0 Å². The molecule has 2 rings (SSSR count). The molecular weight excluding hydrogens is 250 g/mol. The number of nitrogens with one attached hydrogen (secondary N) is 1. The van der Waals surface area contributed by atoms with Gasteiger partial charge in [0.25, 0.3) is 5.91 Å². The predicted molar refractivity (Wildman–Crippen MR) is 70.4 cm³/mol. The summed E-state index contributed by atoms with van der Waals surface area (Å²) in [6, 6.07) is 0. The molecule has 96 valence electrons. The number of aromatic nitrogens is 3. The normalized spacial score (nSPS) is 10.6. The Morgan fingerprint density at radius 2 is 2.39 bits per heavy atom. The van der Waals surface area contributed by atoms with Crippen molar-refractivity contribution in [2.24, 2.45) is 12.8 Å². The number of nitrogens with two attached hydrogens (primary N) is 1. The third-order valence-electron chi connectivity index (χ3n) is 2.38. The second kappa shape index (κ2) is 5.28. The zero-order valence-electron chi connectivity index (χ0n) is 10.3. The summed E-state index contributed by atoms with van der Waals surface area (Å²) in [5.41, 5.74) is 7.00. The number of nitrogens with zero attached hydrogens (tertiary/aromatic N) is 3. The van der Waals surface area contributed by atoms with E-state index in [9.17, 15) is 4.79 Å². The van der Waals surface area contributed by atoms with Gasteiger partial charge in [-0.05, 0) is 6.92 Å². The van der Waals surface area contributed by atoms with Crippen LogP contribution in [-0.2, 0) is 7.05 Å². The van der Waals surface area contributed by atoms with Crippen molar-refractivity contribution in [1.82, 2.24) is 20.1 Å². The molecule has 1 amide bonds. The van der Waals surface area contributed by atoms with E-state index in [0.29, 0.717) is 18.0 Å². The molecule has 0 atom stereocenters. The summed E-state index contributed by atoms with van der Waals surface area (Å²) in [7, 11) is 1.85. The minimum Gasteiger partial charge on any atom is -0.350 e. The Balaban J connectivity index is 2.24. The Morgan fingerprint density at radius 1 is 1.61 bits per heavy atom. The zero-order valence-corrected chi connectivity index (χ0v) is 11.1. The van der Waals surface area contributed by atoms with Gasteiger partial charge in [0.15, 0.2) is 0 Å². The van der Waals surface area contributed by atoms with Crippen molar-refractivity contribution >= 4 is 17.2 Å². The molecule has 18 heavy (non-hydrogen) atoms. The van der Waals surface area contributed by atoms with Crippen molar-refractivity contribution in [2.45, 2.75) is 6.92 Å². The summed E-state index contributed by atoms with van der Waals surface area (Å²) in [6.45, 7) is 2.73. The highest BCUT2D eigenvalue weighted by Crippen LogP contribution is 2.27. The van der Waals surface area contributed by atoms with Crippen LogP contribution in [0.15, 0.2) is 12.4 Å². The van der Waals surface area contributed by atoms with Crippen LogP contribution in [0, 0.1) is 6.92 Å². The Labute approximate surface area is 109 Å². The van der Waals surface area contributed by atoms with Crippen LogP contribution in [-0.4, -0.2) is 33.8 Å². The predicted octanol–water partition coefficient (Wildman–Crippen LogP) is 0.541. The molecule has 0 saturated carbocycles. The molecule has 0 saturated heterocycles. The molecule has 0 aliphatic heterocycles. The van der Waals surface area contributed by atoms with Crippen molar-refractivity contribution < 1.29 is 4.79 Å². The van der Waals surface area contributed by atoms with Crippen LogP contribution in [0.1, 0.15) is 15.4 Å². The quantitative estimate of drug-likeness (QED) is 0.845. The van der Waals surface area contributed by atoms with E-state index in [1.54, 1.807) is 10.9 Å². The minimum absolute atomic E-state index is 0.120. The van der Waals surface area contributed by atoms with Gasteiger partial charge in [-0.15, -0.1) is 11.3 Å². The molecule has 7 heteroatoms. The molecule has 0 aliphatic carbocycles. The molecule has 6 nitrogen and oxygen atoms in total. The molecule has 0 radical (unpaired) electrons. The lowest BCUT2D eigenvalue weighted by atomic mass is 10.3. The van der Waals surface area contributed by atoms with E-state index in [1.807, 2.05) is 20.2 Å². The SMILES string of the molecule is Cc1nc(-c2cnn(C)c2)sc1C(=O)NCCN. The van der Waals surface area contributed by atoms with E-state index >= 15 is 0 Å². The van der Waals surface area contributed by atoms with Crippen molar-refractivity contribution in [2.75, 3.05) is 13.1 Å². The number of thiazole rings is 1. The lowest BCUT2D eigenvalue weighted by molar-refractivity contribution is 0.0958. The monoisotopic (exact) mass is 265 g/mol. The largest absolute Gasteiger partial charge is 0.350 e. The number of carbonyl (C=O) groups is 1. The fourth-order valence-corrected chi connectivity index (χ4v) is 2.49.